The van der Waals surface area contributed by atoms with Crippen molar-refractivity contribution in [1.29, 1.82) is 0 Å². The fourth-order valence-electron chi connectivity index (χ4n) is 2.90. The number of nitrogens with zero attached hydrogens (tertiary/aromatic N) is 2. The van der Waals surface area contributed by atoms with Gasteiger partial charge in [-0.25, -0.2) is 0 Å². The lowest BCUT2D eigenvalue weighted by Gasteiger charge is -2.18. The van der Waals surface area contributed by atoms with Gasteiger partial charge >= 0.3 is 0 Å². The SMILES string of the molecule is CCn1cccc1CNc1cccc(N2CCCC2)c1. The molecule has 0 bridgehead atoms. The molecular formula is C17H23N3. The van der Waals surface area contributed by atoms with Crippen LogP contribution in [-0.4, -0.2) is 17.7 Å². The van der Waals surface area contributed by atoms with Gasteiger partial charge in [0, 0.05) is 42.9 Å². The van der Waals surface area contributed by atoms with Gasteiger partial charge in [-0.3, -0.25) is 0 Å². The van der Waals surface area contributed by atoms with Gasteiger partial charge in [-0.15, -0.1) is 0 Å². The minimum Gasteiger partial charge on any atom is -0.379 e. The molecule has 3 rings (SSSR count). The molecule has 0 spiro atoms. The topological polar surface area (TPSA) is 20.2 Å². The number of nitrogens with one attached hydrogen (secondary N) is 1. The molecule has 1 aliphatic rings. The number of rotatable bonds is 5. The molecule has 0 unspecified atom stereocenters. The van der Waals surface area contributed by atoms with E-state index in [1.807, 2.05) is 0 Å². The van der Waals surface area contributed by atoms with Gasteiger partial charge in [0.2, 0.25) is 0 Å². The number of hydrogen-bond donors (Lipinski definition) is 1. The van der Waals surface area contributed by atoms with E-state index >= 15 is 0 Å². The third-order valence-corrected chi connectivity index (χ3v) is 4.06. The first-order chi connectivity index (χ1) is 9.86. The monoisotopic (exact) mass is 269 g/mol. The normalized spacial score (nSPS) is 14.8. The Labute approximate surface area is 121 Å². The van der Waals surface area contributed by atoms with Gasteiger partial charge in [0.1, 0.15) is 0 Å². The minimum atomic E-state index is 0.879. The highest BCUT2D eigenvalue weighted by Crippen LogP contribution is 2.23. The lowest BCUT2D eigenvalue weighted by molar-refractivity contribution is 0.724. The second-order valence-corrected chi connectivity index (χ2v) is 5.38. The number of benzene rings is 1. The first kappa shape index (κ1) is 13.1. The van der Waals surface area contributed by atoms with Gasteiger partial charge in [-0.05, 0) is 50.1 Å². The van der Waals surface area contributed by atoms with Crippen LogP contribution in [0.2, 0.25) is 0 Å². The third kappa shape index (κ3) is 2.82. The van der Waals surface area contributed by atoms with Crippen LogP contribution in [-0.2, 0) is 13.1 Å². The second-order valence-electron chi connectivity index (χ2n) is 5.38. The highest BCUT2D eigenvalue weighted by molar-refractivity contribution is 5.58. The summed E-state index contributed by atoms with van der Waals surface area (Å²) in [6.45, 7) is 6.48. The molecule has 1 saturated heterocycles. The summed E-state index contributed by atoms with van der Waals surface area (Å²) in [5, 5.41) is 3.54. The van der Waals surface area contributed by atoms with E-state index in [1.165, 1.54) is 43.0 Å². The number of aryl methyl sites for hydroxylation is 1. The molecule has 0 aliphatic carbocycles. The Bertz CT molecular complexity index is 553. The number of aromatic nitrogens is 1. The second kappa shape index (κ2) is 6.04. The van der Waals surface area contributed by atoms with Crippen LogP contribution < -0.4 is 10.2 Å². The largest absolute Gasteiger partial charge is 0.379 e. The van der Waals surface area contributed by atoms with Crippen molar-refractivity contribution in [2.75, 3.05) is 23.3 Å². The predicted octanol–water partition coefficient (Wildman–Crippen LogP) is 3.72. The fraction of sp³-hybridized carbons (Fsp3) is 0.412. The van der Waals surface area contributed by atoms with E-state index in [0.29, 0.717) is 0 Å². The zero-order valence-electron chi connectivity index (χ0n) is 12.2. The van der Waals surface area contributed by atoms with Crippen LogP contribution in [0.5, 0.6) is 0 Å². The highest BCUT2D eigenvalue weighted by atomic mass is 15.1. The molecule has 0 saturated carbocycles. The summed E-state index contributed by atoms with van der Waals surface area (Å²) in [7, 11) is 0. The maximum Gasteiger partial charge on any atom is 0.0553 e. The Kier molecular flexibility index (Phi) is 3.95. The predicted molar refractivity (Wildman–Crippen MR) is 85.3 cm³/mol. The first-order valence-corrected chi connectivity index (χ1v) is 7.60. The summed E-state index contributed by atoms with van der Waals surface area (Å²) >= 11 is 0. The standard InChI is InChI=1S/C17H23N3/c1-2-19-12-6-9-17(19)14-18-15-7-5-8-16(13-15)20-10-3-4-11-20/h5-9,12-13,18H,2-4,10-11,14H2,1H3. The summed E-state index contributed by atoms with van der Waals surface area (Å²) in [6, 6.07) is 13.1. The summed E-state index contributed by atoms with van der Waals surface area (Å²) in [5.74, 6) is 0. The zero-order chi connectivity index (χ0) is 13.8. The lowest BCUT2D eigenvalue weighted by Crippen LogP contribution is -2.17. The van der Waals surface area contributed by atoms with Crippen molar-refractivity contribution in [1.82, 2.24) is 4.57 Å². The van der Waals surface area contributed by atoms with Crippen LogP contribution in [0.4, 0.5) is 11.4 Å². The van der Waals surface area contributed by atoms with E-state index in [9.17, 15) is 0 Å². The van der Waals surface area contributed by atoms with Gasteiger partial charge in [0.05, 0.1) is 6.54 Å². The summed E-state index contributed by atoms with van der Waals surface area (Å²) in [4.78, 5) is 2.47. The van der Waals surface area contributed by atoms with Crippen LogP contribution in [0, 0.1) is 0 Å². The molecule has 20 heavy (non-hydrogen) atoms. The molecule has 2 aromatic rings. The van der Waals surface area contributed by atoms with E-state index in [2.05, 4.69) is 64.3 Å². The molecule has 0 radical (unpaired) electrons. The van der Waals surface area contributed by atoms with E-state index in [0.717, 1.165) is 13.1 Å². The maximum atomic E-state index is 3.54. The highest BCUT2D eigenvalue weighted by Gasteiger charge is 2.12. The number of anilines is 2. The molecule has 2 heterocycles. The van der Waals surface area contributed by atoms with Crippen molar-refractivity contribution in [3.8, 4) is 0 Å². The third-order valence-electron chi connectivity index (χ3n) is 4.06. The Balaban J connectivity index is 1.67. The summed E-state index contributed by atoms with van der Waals surface area (Å²) in [6.07, 6.45) is 4.78. The molecule has 3 heteroatoms. The van der Waals surface area contributed by atoms with Crippen molar-refractivity contribution in [3.63, 3.8) is 0 Å². The molecule has 0 atom stereocenters. The van der Waals surface area contributed by atoms with Gasteiger partial charge < -0.3 is 14.8 Å². The molecule has 1 aromatic heterocycles. The van der Waals surface area contributed by atoms with Crippen LogP contribution in [0.3, 0.4) is 0 Å². The lowest BCUT2D eigenvalue weighted by atomic mass is 10.2. The summed E-state index contributed by atoms with van der Waals surface area (Å²) in [5.41, 5.74) is 3.88. The Morgan fingerprint density at radius 3 is 2.75 bits per heavy atom. The van der Waals surface area contributed by atoms with Gasteiger partial charge in [0.25, 0.3) is 0 Å². The van der Waals surface area contributed by atoms with E-state index in [1.54, 1.807) is 0 Å². The molecule has 1 aromatic carbocycles. The Morgan fingerprint density at radius 1 is 1.10 bits per heavy atom. The zero-order valence-corrected chi connectivity index (χ0v) is 12.2. The first-order valence-electron chi connectivity index (χ1n) is 7.60. The summed E-state index contributed by atoms with van der Waals surface area (Å²) < 4.78 is 2.28. The maximum absolute atomic E-state index is 3.54. The van der Waals surface area contributed by atoms with E-state index < -0.39 is 0 Å². The molecular weight excluding hydrogens is 246 g/mol. The van der Waals surface area contributed by atoms with Crippen LogP contribution >= 0.6 is 0 Å². The van der Waals surface area contributed by atoms with Gasteiger partial charge in [0.15, 0.2) is 0 Å². The van der Waals surface area contributed by atoms with Gasteiger partial charge in [-0.1, -0.05) is 6.07 Å². The number of hydrogen-bond acceptors (Lipinski definition) is 2. The minimum absolute atomic E-state index is 0.879. The Morgan fingerprint density at radius 2 is 1.95 bits per heavy atom. The van der Waals surface area contributed by atoms with Crippen LogP contribution in [0.15, 0.2) is 42.6 Å². The van der Waals surface area contributed by atoms with Crippen molar-refractivity contribution in [2.24, 2.45) is 0 Å². The average molecular weight is 269 g/mol. The van der Waals surface area contributed by atoms with Crippen LogP contribution in [0.25, 0.3) is 0 Å². The Hall–Kier alpha value is -1.90. The molecule has 0 amide bonds. The average Bonchev–Trinajstić information content (AvgIpc) is 3.16. The molecule has 1 N–H and O–H groups in total. The molecule has 1 aliphatic heterocycles. The fourth-order valence-corrected chi connectivity index (χ4v) is 2.90. The molecule has 3 nitrogen and oxygen atoms in total. The van der Waals surface area contributed by atoms with Crippen molar-refractivity contribution in [2.45, 2.75) is 32.9 Å². The van der Waals surface area contributed by atoms with Crippen molar-refractivity contribution >= 4 is 11.4 Å². The van der Waals surface area contributed by atoms with Crippen molar-refractivity contribution < 1.29 is 0 Å². The van der Waals surface area contributed by atoms with Crippen LogP contribution in [0.1, 0.15) is 25.5 Å². The smallest absolute Gasteiger partial charge is 0.0553 e. The van der Waals surface area contributed by atoms with E-state index in [4.69, 9.17) is 0 Å². The van der Waals surface area contributed by atoms with Gasteiger partial charge in [-0.2, -0.15) is 0 Å². The molecule has 1 fully saturated rings. The quantitative estimate of drug-likeness (QED) is 0.892. The van der Waals surface area contributed by atoms with Crippen molar-refractivity contribution in [3.05, 3.63) is 48.3 Å². The molecule has 106 valence electrons. The van der Waals surface area contributed by atoms with E-state index in [-0.39, 0.29) is 0 Å².